The zero-order chi connectivity index (χ0) is 18.2. The molecule has 2 aromatic heterocycles. The maximum absolute atomic E-state index is 4.49. The first-order valence-corrected chi connectivity index (χ1v) is 9.95. The van der Waals surface area contributed by atoms with Crippen molar-refractivity contribution in [2.75, 3.05) is 62.7 Å². The molecule has 0 bridgehead atoms. The first kappa shape index (κ1) is 16.9. The second-order valence-corrected chi connectivity index (χ2v) is 7.93. The molecular weight excluding hydrogens is 338 g/mol. The minimum atomic E-state index is 0.636. The molecular formula is C20H27N7. The summed E-state index contributed by atoms with van der Waals surface area (Å²) in [7, 11) is 2.17. The van der Waals surface area contributed by atoms with Crippen LogP contribution in [0.4, 0.5) is 11.6 Å². The summed E-state index contributed by atoms with van der Waals surface area (Å²) in [5.74, 6) is 2.15. The molecule has 0 aromatic carbocycles. The fraction of sp³-hybridized carbons (Fsp3) is 0.550. The monoisotopic (exact) mass is 365 g/mol. The third kappa shape index (κ3) is 3.37. The Hall–Kier alpha value is -2.25. The zero-order valence-electron chi connectivity index (χ0n) is 16.0. The molecule has 5 rings (SSSR count). The molecule has 0 N–H and O–H groups in total. The molecule has 0 unspecified atom stereocenters. The van der Waals surface area contributed by atoms with Crippen LogP contribution in [0.5, 0.6) is 0 Å². The van der Waals surface area contributed by atoms with Crippen LogP contribution in [0.1, 0.15) is 11.3 Å². The van der Waals surface area contributed by atoms with E-state index < -0.39 is 0 Å². The molecule has 5 heterocycles. The van der Waals surface area contributed by atoms with Crippen molar-refractivity contribution in [3.8, 4) is 0 Å². The van der Waals surface area contributed by atoms with Crippen molar-refractivity contribution >= 4 is 11.6 Å². The van der Waals surface area contributed by atoms with Crippen LogP contribution in [-0.4, -0.2) is 83.9 Å². The Kier molecular flexibility index (Phi) is 4.41. The van der Waals surface area contributed by atoms with Gasteiger partial charge < -0.3 is 14.7 Å². The highest BCUT2D eigenvalue weighted by Crippen LogP contribution is 2.26. The molecule has 0 saturated carbocycles. The maximum atomic E-state index is 4.49. The van der Waals surface area contributed by atoms with E-state index >= 15 is 0 Å². The van der Waals surface area contributed by atoms with Crippen molar-refractivity contribution in [3.63, 3.8) is 0 Å². The highest BCUT2D eigenvalue weighted by molar-refractivity contribution is 5.45. The van der Waals surface area contributed by atoms with Crippen LogP contribution in [0.3, 0.4) is 0 Å². The van der Waals surface area contributed by atoms with E-state index in [-0.39, 0.29) is 0 Å². The van der Waals surface area contributed by atoms with Gasteiger partial charge in [0, 0.05) is 71.0 Å². The molecule has 0 spiro atoms. The lowest BCUT2D eigenvalue weighted by Gasteiger charge is -2.48. The highest BCUT2D eigenvalue weighted by atomic mass is 15.4. The summed E-state index contributed by atoms with van der Waals surface area (Å²) in [5.41, 5.74) is 2.53. The quantitative estimate of drug-likeness (QED) is 0.800. The second kappa shape index (κ2) is 7.05. The molecule has 7 heteroatoms. The SMILES string of the molecule is CN1CCc2nnc(N3CC(N4CCN(c5ccccn5)CC4)C3)cc2C1. The van der Waals surface area contributed by atoms with Crippen molar-refractivity contribution in [2.24, 2.45) is 0 Å². The first-order valence-electron chi connectivity index (χ1n) is 9.95. The number of hydrogen-bond donors (Lipinski definition) is 0. The molecule has 3 aliphatic heterocycles. The summed E-state index contributed by atoms with van der Waals surface area (Å²) in [4.78, 5) is 14.2. The van der Waals surface area contributed by atoms with E-state index in [0.717, 1.165) is 70.4 Å². The molecule has 7 nitrogen and oxygen atoms in total. The minimum Gasteiger partial charge on any atom is -0.354 e. The summed E-state index contributed by atoms with van der Waals surface area (Å²) in [6.07, 6.45) is 2.89. The number of piperazine rings is 1. The van der Waals surface area contributed by atoms with E-state index in [1.54, 1.807) is 0 Å². The number of aromatic nitrogens is 3. The first-order chi connectivity index (χ1) is 13.3. The van der Waals surface area contributed by atoms with Crippen molar-refractivity contribution in [2.45, 2.75) is 19.0 Å². The van der Waals surface area contributed by atoms with E-state index in [2.05, 4.69) is 60.0 Å². The van der Waals surface area contributed by atoms with Gasteiger partial charge in [0.25, 0.3) is 0 Å². The second-order valence-electron chi connectivity index (χ2n) is 7.93. The van der Waals surface area contributed by atoms with Gasteiger partial charge in [-0.15, -0.1) is 5.10 Å². The standard InChI is InChI=1S/C20H27N7/c1-24-7-5-18-16(13-24)12-20(23-22-18)27-14-17(15-27)25-8-10-26(11-9-25)19-4-2-3-6-21-19/h2-4,6,12,17H,5,7-11,13-15H2,1H3. The molecule has 3 aliphatic rings. The highest BCUT2D eigenvalue weighted by Gasteiger charge is 2.35. The topological polar surface area (TPSA) is 51.6 Å². The van der Waals surface area contributed by atoms with Crippen molar-refractivity contribution in [1.82, 2.24) is 25.0 Å². The van der Waals surface area contributed by atoms with E-state index in [9.17, 15) is 0 Å². The van der Waals surface area contributed by atoms with Crippen molar-refractivity contribution in [1.29, 1.82) is 0 Å². The number of fused-ring (bicyclic) bond motifs is 1. The van der Waals surface area contributed by atoms with Crippen LogP contribution in [0.2, 0.25) is 0 Å². The average Bonchev–Trinajstić information content (AvgIpc) is 2.68. The number of nitrogens with zero attached hydrogens (tertiary/aromatic N) is 7. The van der Waals surface area contributed by atoms with Crippen LogP contribution < -0.4 is 9.80 Å². The Morgan fingerprint density at radius 3 is 2.56 bits per heavy atom. The lowest BCUT2D eigenvalue weighted by Crippen LogP contribution is -2.63. The van der Waals surface area contributed by atoms with Gasteiger partial charge in [-0.3, -0.25) is 4.90 Å². The Bertz CT molecular complexity index is 782. The van der Waals surface area contributed by atoms with Crippen LogP contribution in [0, 0.1) is 0 Å². The van der Waals surface area contributed by atoms with Gasteiger partial charge in [0.2, 0.25) is 0 Å². The third-order valence-corrected chi connectivity index (χ3v) is 6.11. The summed E-state index contributed by atoms with van der Waals surface area (Å²) in [6.45, 7) is 8.52. The van der Waals surface area contributed by atoms with Gasteiger partial charge in [0.1, 0.15) is 5.82 Å². The molecule has 2 saturated heterocycles. The van der Waals surface area contributed by atoms with E-state index in [0.29, 0.717) is 6.04 Å². The minimum absolute atomic E-state index is 0.636. The molecule has 0 radical (unpaired) electrons. The number of hydrogen-bond acceptors (Lipinski definition) is 7. The number of likely N-dealkylation sites (N-methyl/N-ethyl adjacent to an activating group) is 1. The molecule has 2 fully saturated rings. The largest absolute Gasteiger partial charge is 0.354 e. The predicted molar refractivity (Wildman–Crippen MR) is 106 cm³/mol. The summed E-state index contributed by atoms with van der Waals surface area (Å²) < 4.78 is 0. The Balaban J connectivity index is 1.16. The Labute approximate surface area is 160 Å². The molecule has 27 heavy (non-hydrogen) atoms. The van der Waals surface area contributed by atoms with E-state index in [4.69, 9.17) is 0 Å². The van der Waals surface area contributed by atoms with Crippen LogP contribution in [-0.2, 0) is 13.0 Å². The zero-order valence-corrected chi connectivity index (χ0v) is 16.0. The van der Waals surface area contributed by atoms with Crippen LogP contribution in [0.25, 0.3) is 0 Å². The maximum Gasteiger partial charge on any atom is 0.151 e. The van der Waals surface area contributed by atoms with Crippen LogP contribution in [0.15, 0.2) is 30.5 Å². The van der Waals surface area contributed by atoms with Gasteiger partial charge in [-0.25, -0.2) is 4.98 Å². The van der Waals surface area contributed by atoms with E-state index in [1.807, 2.05) is 12.3 Å². The van der Waals surface area contributed by atoms with Gasteiger partial charge >= 0.3 is 0 Å². The smallest absolute Gasteiger partial charge is 0.151 e. The number of rotatable bonds is 3. The van der Waals surface area contributed by atoms with Gasteiger partial charge in [0.15, 0.2) is 5.82 Å². The fourth-order valence-corrected chi connectivity index (χ4v) is 4.34. The number of anilines is 2. The third-order valence-electron chi connectivity index (χ3n) is 6.11. The van der Waals surface area contributed by atoms with Gasteiger partial charge in [-0.05, 0) is 30.8 Å². The average molecular weight is 365 g/mol. The summed E-state index contributed by atoms with van der Waals surface area (Å²) in [5, 5.41) is 8.98. The van der Waals surface area contributed by atoms with Gasteiger partial charge in [-0.1, -0.05) is 6.07 Å². The fourth-order valence-electron chi connectivity index (χ4n) is 4.34. The lowest BCUT2D eigenvalue weighted by atomic mass is 10.0. The lowest BCUT2D eigenvalue weighted by molar-refractivity contribution is 0.156. The van der Waals surface area contributed by atoms with Gasteiger partial charge in [-0.2, -0.15) is 5.10 Å². The van der Waals surface area contributed by atoms with Crippen molar-refractivity contribution in [3.05, 3.63) is 41.7 Å². The summed E-state index contributed by atoms with van der Waals surface area (Å²) in [6, 6.07) is 9.04. The summed E-state index contributed by atoms with van der Waals surface area (Å²) >= 11 is 0. The number of pyridine rings is 1. The normalized spacial score (nSPS) is 21.8. The molecule has 142 valence electrons. The predicted octanol–water partition coefficient (Wildman–Crippen LogP) is 0.870. The van der Waals surface area contributed by atoms with Crippen LogP contribution >= 0.6 is 0 Å². The molecule has 0 aliphatic carbocycles. The Morgan fingerprint density at radius 2 is 1.78 bits per heavy atom. The van der Waals surface area contributed by atoms with E-state index in [1.165, 1.54) is 11.3 Å². The Morgan fingerprint density at radius 1 is 0.926 bits per heavy atom. The van der Waals surface area contributed by atoms with Crippen molar-refractivity contribution < 1.29 is 0 Å². The molecule has 2 aromatic rings. The molecule has 0 amide bonds. The van der Waals surface area contributed by atoms with Gasteiger partial charge in [0.05, 0.1) is 5.69 Å². The molecule has 0 atom stereocenters.